The number of ether oxygens (including phenoxy) is 1. The van der Waals surface area contributed by atoms with Gasteiger partial charge in [0.05, 0.1) is 17.8 Å². The number of benzene rings is 1. The molecule has 24 heavy (non-hydrogen) atoms. The summed E-state index contributed by atoms with van der Waals surface area (Å²) in [5, 5.41) is 4.47. The van der Waals surface area contributed by atoms with Crippen molar-refractivity contribution in [2.45, 2.75) is 20.4 Å². The highest BCUT2D eigenvalue weighted by Crippen LogP contribution is 2.19. The number of thiazole rings is 1. The summed E-state index contributed by atoms with van der Waals surface area (Å²) in [5.74, 6) is 0.489. The van der Waals surface area contributed by atoms with Gasteiger partial charge in [-0.2, -0.15) is 0 Å². The van der Waals surface area contributed by atoms with Crippen molar-refractivity contribution < 1.29 is 9.53 Å². The number of nitrogens with one attached hydrogen (secondary N) is 2. The van der Waals surface area contributed by atoms with E-state index >= 15 is 0 Å². The van der Waals surface area contributed by atoms with Gasteiger partial charge in [0.1, 0.15) is 10.6 Å². The molecule has 2 aromatic heterocycles. The summed E-state index contributed by atoms with van der Waals surface area (Å²) in [4.78, 5) is 32.0. The van der Waals surface area contributed by atoms with Crippen LogP contribution in [0.1, 0.15) is 25.9 Å². The third-order valence-corrected chi connectivity index (χ3v) is 4.75. The molecular weight excluding hydrogens is 326 g/mol. The Balaban J connectivity index is 1.84. The molecule has 0 saturated heterocycles. The molecule has 1 aromatic carbocycles. The molecule has 0 aliphatic heterocycles. The molecule has 0 radical (unpaired) electrons. The molecule has 0 saturated carbocycles. The fourth-order valence-electron chi connectivity index (χ4n) is 2.49. The highest BCUT2D eigenvalue weighted by molar-refractivity contribution is 7.13. The number of hydrogen-bond acceptors (Lipinski definition) is 5. The van der Waals surface area contributed by atoms with Crippen LogP contribution in [0.2, 0.25) is 0 Å². The van der Waals surface area contributed by atoms with E-state index in [4.69, 9.17) is 4.74 Å². The Morgan fingerprint density at radius 1 is 1.33 bits per heavy atom. The van der Waals surface area contributed by atoms with Crippen molar-refractivity contribution in [3.63, 3.8) is 0 Å². The van der Waals surface area contributed by atoms with Crippen LogP contribution < -0.4 is 15.6 Å². The molecule has 0 bridgehead atoms. The lowest BCUT2D eigenvalue weighted by Crippen LogP contribution is -2.26. The van der Waals surface area contributed by atoms with Gasteiger partial charge in [0, 0.05) is 23.0 Å². The SMILES string of the molecule is COc1ccc2[nH]c(=O)c(CNC(=O)c3sc(C)nc3C)cc2c1. The Kier molecular flexibility index (Phi) is 4.35. The molecule has 1 amide bonds. The number of rotatable bonds is 4. The van der Waals surface area contributed by atoms with Gasteiger partial charge in [-0.1, -0.05) is 0 Å². The number of H-pyrrole nitrogens is 1. The normalized spacial score (nSPS) is 10.8. The molecule has 2 N–H and O–H groups in total. The Morgan fingerprint density at radius 2 is 2.12 bits per heavy atom. The highest BCUT2D eigenvalue weighted by Gasteiger charge is 2.14. The second-order valence-electron chi connectivity index (χ2n) is 5.41. The molecule has 6 nitrogen and oxygen atoms in total. The van der Waals surface area contributed by atoms with Crippen LogP contribution in [0, 0.1) is 13.8 Å². The molecule has 2 heterocycles. The van der Waals surface area contributed by atoms with Gasteiger partial charge in [0.2, 0.25) is 0 Å². The second-order valence-corrected chi connectivity index (χ2v) is 6.61. The lowest BCUT2D eigenvalue weighted by molar-refractivity contribution is 0.0954. The van der Waals surface area contributed by atoms with Crippen LogP contribution >= 0.6 is 11.3 Å². The van der Waals surface area contributed by atoms with E-state index in [0.717, 1.165) is 15.9 Å². The van der Waals surface area contributed by atoms with Crippen LogP contribution in [0.3, 0.4) is 0 Å². The van der Waals surface area contributed by atoms with E-state index in [1.807, 2.05) is 13.0 Å². The number of pyridine rings is 1. The van der Waals surface area contributed by atoms with Crippen LogP contribution in [0.15, 0.2) is 29.1 Å². The smallest absolute Gasteiger partial charge is 0.263 e. The topological polar surface area (TPSA) is 84.1 Å². The van der Waals surface area contributed by atoms with Crippen molar-refractivity contribution >= 4 is 28.1 Å². The van der Waals surface area contributed by atoms with Crippen molar-refractivity contribution in [3.05, 3.63) is 55.8 Å². The minimum Gasteiger partial charge on any atom is -0.497 e. The maximum atomic E-state index is 12.3. The molecule has 0 aliphatic carbocycles. The monoisotopic (exact) mass is 343 g/mol. The van der Waals surface area contributed by atoms with E-state index < -0.39 is 0 Å². The molecule has 0 aliphatic rings. The van der Waals surface area contributed by atoms with E-state index in [1.54, 1.807) is 32.2 Å². The first-order valence-electron chi connectivity index (χ1n) is 7.40. The fourth-order valence-corrected chi connectivity index (χ4v) is 3.32. The van der Waals surface area contributed by atoms with Crippen molar-refractivity contribution in [1.29, 1.82) is 0 Å². The van der Waals surface area contributed by atoms with E-state index in [9.17, 15) is 9.59 Å². The fraction of sp³-hybridized carbons (Fsp3) is 0.235. The second kappa shape index (κ2) is 6.45. The minimum atomic E-state index is -0.219. The number of carbonyl (C=O) groups is 1. The third-order valence-electron chi connectivity index (χ3n) is 3.68. The first kappa shape index (κ1) is 16.2. The molecule has 0 fully saturated rings. The Morgan fingerprint density at radius 3 is 2.79 bits per heavy atom. The first-order chi connectivity index (χ1) is 11.5. The number of carbonyl (C=O) groups excluding carboxylic acids is 1. The van der Waals surface area contributed by atoms with Gasteiger partial charge in [-0.3, -0.25) is 9.59 Å². The zero-order valence-electron chi connectivity index (χ0n) is 13.6. The molecule has 3 aromatic rings. The summed E-state index contributed by atoms with van der Waals surface area (Å²) in [6.07, 6.45) is 0. The van der Waals surface area contributed by atoms with Crippen molar-refractivity contribution in [2.75, 3.05) is 7.11 Å². The van der Waals surface area contributed by atoms with Gasteiger partial charge < -0.3 is 15.0 Å². The molecule has 0 spiro atoms. The van der Waals surface area contributed by atoms with Crippen LogP contribution in [0.5, 0.6) is 5.75 Å². The average Bonchev–Trinajstić information content (AvgIpc) is 2.90. The molecule has 124 valence electrons. The van der Waals surface area contributed by atoms with Gasteiger partial charge in [0.25, 0.3) is 11.5 Å². The van der Waals surface area contributed by atoms with Crippen LogP contribution in [0.4, 0.5) is 0 Å². The van der Waals surface area contributed by atoms with Gasteiger partial charge >= 0.3 is 0 Å². The Bertz CT molecular complexity index is 975. The van der Waals surface area contributed by atoms with E-state index in [-0.39, 0.29) is 18.0 Å². The third kappa shape index (κ3) is 3.16. The number of amides is 1. The zero-order chi connectivity index (χ0) is 17.3. The van der Waals surface area contributed by atoms with Crippen molar-refractivity contribution in [2.24, 2.45) is 0 Å². The summed E-state index contributed by atoms with van der Waals surface area (Å²) >= 11 is 1.34. The number of aromatic amines is 1. The summed E-state index contributed by atoms with van der Waals surface area (Å²) in [6.45, 7) is 3.81. The van der Waals surface area contributed by atoms with Crippen molar-refractivity contribution in [1.82, 2.24) is 15.3 Å². The number of methoxy groups -OCH3 is 1. The number of nitrogens with zero attached hydrogens (tertiary/aromatic N) is 1. The summed E-state index contributed by atoms with van der Waals surface area (Å²) in [5.41, 5.74) is 1.70. The number of aromatic nitrogens is 2. The summed E-state index contributed by atoms with van der Waals surface area (Å²) < 4.78 is 5.20. The van der Waals surface area contributed by atoms with Gasteiger partial charge in [0.15, 0.2) is 0 Å². The van der Waals surface area contributed by atoms with Gasteiger partial charge in [-0.25, -0.2) is 4.98 Å². The molecule has 7 heteroatoms. The Labute approximate surface area is 142 Å². The standard InChI is InChI=1S/C17H17N3O3S/c1-9-15(24-10(2)19-9)17(22)18-8-12-6-11-7-13(23-3)4-5-14(11)20-16(12)21/h4-7H,8H2,1-3H3,(H,18,22)(H,20,21). The lowest BCUT2D eigenvalue weighted by Gasteiger charge is -2.07. The lowest BCUT2D eigenvalue weighted by atomic mass is 10.1. The molecule has 0 unspecified atom stereocenters. The van der Waals surface area contributed by atoms with E-state index in [0.29, 0.717) is 21.9 Å². The maximum Gasteiger partial charge on any atom is 0.263 e. The predicted octanol–water partition coefficient (Wildman–Crippen LogP) is 2.54. The molecular formula is C17H17N3O3S. The van der Waals surface area contributed by atoms with Crippen LogP contribution in [-0.4, -0.2) is 23.0 Å². The van der Waals surface area contributed by atoms with E-state index in [2.05, 4.69) is 15.3 Å². The minimum absolute atomic E-state index is 0.151. The highest BCUT2D eigenvalue weighted by atomic mass is 32.1. The van der Waals surface area contributed by atoms with Crippen LogP contribution in [0.25, 0.3) is 10.9 Å². The summed E-state index contributed by atoms with van der Waals surface area (Å²) in [6, 6.07) is 7.19. The number of aryl methyl sites for hydroxylation is 2. The molecule has 3 rings (SSSR count). The maximum absolute atomic E-state index is 12.3. The average molecular weight is 343 g/mol. The van der Waals surface area contributed by atoms with Gasteiger partial charge in [-0.15, -0.1) is 11.3 Å². The number of hydrogen-bond donors (Lipinski definition) is 2. The largest absolute Gasteiger partial charge is 0.497 e. The first-order valence-corrected chi connectivity index (χ1v) is 8.22. The number of fused-ring (bicyclic) bond motifs is 1. The zero-order valence-corrected chi connectivity index (χ0v) is 14.4. The summed E-state index contributed by atoms with van der Waals surface area (Å²) in [7, 11) is 1.59. The quantitative estimate of drug-likeness (QED) is 0.762. The predicted molar refractivity (Wildman–Crippen MR) is 93.9 cm³/mol. The van der Waals surface area contributed by atoms with E-state index in [1.165, 1.54) is 11.3 Å². The van der Waals surface area contributed by atoms with Crippen LogP contribution in [-0.2, 0) is 6.54 Å². The molecule has 0 atom stereocenters. The van der Waals surface area contributed by atoms with Crippen molar-refractivity contribution in [3.8, 4) is 5.75 Å². The van der Waals surface area contributed by atoms with Gasteiger partial charge in [-0.05, 0) is 38.1 Å². The Hall–Kier alpha value is -2.67.